The molecule has 0 aromatic heterocycles. The largest absolute Gasteiger partial charge is 0.478 e. The van der Waals surface area contributed by atoms with Crippen LogP contribution in [0.15, 0.2) is 18.2 Å². The molecule has 0 radical (unpaired) electrons. The quantitative estimate of drug-likeness (QED) is 0.750. The second kappa shape index (κ2) is 7.58. The van der Waals surface area contributed by atoms with E-state index in [0.29, 0.717) is 0 Å². The van der Waals surface area contributed by atoms with Crippen LogP contribution in [0.3, 0.4) is 0 Å². The first kappa shape index (κ1) is 16.9. The Morgan fingerprint density at radius 1 is 1.38 bits per heavy atom. The van der Waals surface area contributed by atoms with Crippen LogP contribution in [0.5, 0.6) is 0 Å². The van der Waals surface area contributed by atoms with Crippen molar-refractivity contribution < 1.29 is 19.1 Å². The van der Waals surface area contributed by atoms with Crippen LogP contribution in [-0.2, 0) is 0 Å². The molecular weight excluding hydrogens is 277 g/mol. The summed E-state index contributed by atoms with van der Waals surface area (Å²) in [5.74, 6) is -1.87. The van der Waals surface area contributed by atoms with Gasteiger partial charge in [0.05, 0.1) is 11.3 Å². The van der Waals surface area contributed by atoms with Crippen molar-refractivity contribution in [3.05, 3.63) is 29.6 Å². The Bertz CT molecular complexity index is 520. The van der Waals surface area contributed by atoms with E-state index in [2.05, 4.69) is 10.6 Å². The van der Waals surface area contributed by atoms with Crippen LogP contribution in [0.25, 0.3) is 0 Å². The minimum atomic E-state index is -1.18. The number of amides is 2. The number of urea groups is 1. The van der Waals surface area contributed by atoms with Gasteiger partial charge in [0.2, 0.25) is 0 Å². The standard InChI is InChI=1S/C14H20FN3O3/c1-9(6-7-18(2)3)16-14(21)17-12-8-10(13(19)20)4-5-11(12)15/h4-5,8-9H,6-7H2,1-3H3,(H,19,20)(H2,16,17,21). The topological polar surface area (TPSA) is 81.7 Å². The number of benzene rings is 1. The molecule has 2 amide bonds. The number of carbonyl (C=O) groups is 2. The van der Waals surface area contributed by atoms with E-state index in [1.165, 1.54) is 0 Å². The number of nitrogens with one attached hydrogen (secondary N) is 2. The number of carbonyl (C=O) groups excluding carboxylic acids is 1. The van der Waals surface area contributed by atoms with Gasteiger partial charge < -0.3 is 20.6 Å². The van der Waals surface area contributed by atoms with Gasteiger partial charge in [-0.2, -0.15) is 0 Å². The summed E-state index contributed by atoms with van der Waals surface area (Å²) in [7, 11) is 3.86. The molecule has 3 N–H and O–H groups in total. The summed E-state index contributed by atoms with van der Waals surface area (Å²) in [6.45, 7) is 2.65. The third-order valence-corrected chi connectivity index (χ3v) is 2.85. The van der Waals surface area contributed by atoms with Gasteiger partial charge in [0.1, 0.15) is 5.82 Å². The molecule has 6 nitrogen and oxygen atoms in total. The molecule has 1 aromatic carbocycles. The average Bonchev–Trinajstić information content (AvgIpc) is 2.38. The summed E-state index contributed by atoms with van der Waals surface area (Å²) < 4.78 is 13.5. The molecule has 1 atom stereocenters. The van der Waals surface area contributed by atoms with Crippen molar-refractivity contribution in [3.8, 4) is 0 Å². The second-order valence-corrected chi connectivity index (χ2v) is 5.09. The SMILES string of the molecule is CC(CCN(C)C)NC(=O)Nc1cc(C(=O)O)ccc1F. The monoisotopic (exact) mass is 297 g/mol. The molecule has 21 heavy (non-hydrogen) atoms. The maximum absolute atomic E-state index is 13.5. The number of anilines is 1. The molecule has 0 aliphatic rings. The van der Waals surface area contributed by atoms with Gasteiger partial charge in [-0.3, -0.25) is 0 Å². The maximum atomic E-state index is 13.5. The van der Waals surface area contributed by atoms with Crippen LogP contribution in [0, 0.1) is 5.82 Å². The van der Waals surface area contributed by atoms with Crippen molar-refractivity contribution in [2.24, 2.45) is 0 Å². The summed E-state index contributed by atoms with van der Waals surface area (Å²) in [5, 5.41) is 13.8. The highest BCUT2D eigenvalue weighted by Crippen LogP contribution is 2.16. The molecule has 1 rings (SSSR count). The number of nitrogens with zero attached hydrogens (tertiary/aromatic N) is 1. The molecular formula is C14H20FN3O3. The van der Waals surface area contributed by atoms with E-state index < -0.39 is 17.8 Å². The summed E-state index contributed by atoms with van der Waals surface area (Å²) in [4.78, 5) is 24.6. The molecule has 0 aliphatic heterocycles. The van der Waals surface area contributed by atoms with E-state index in [-0.39, 0.29) is 17.3 Å². The molecule has 1 aromatic rings. The molecule has 1 unspecified atom stereocenters. The first-order chi connectivity index (χ1) is 9.79. The van der Waals surface area contributed by atoms with Crippen molar-refractivity contribution in [1.29, 1.82) is 0 Å². The van der Waals surface area contributed by atoms with Crippen molar-refractivity contribution in [2.75, 3.05) is 26.0 Å². The minimum absolute atomic E-state index is 0.0851. The molecule has 0 saturated heterocycles. The van der Waals surface area contributed by atoms with E-state index in [9.17, 15) is 14.0 Å². The zero-order chi connectivity index (χ0) is 16.0. The van der Waals surface area contributed by atoms with Gasteiger partial charge in [0.15, 0.2) is 0 Å². The highest BCUT2D eigenvalue weighted by molar-refractivity contribution is 5.93. The molecule has 7 heteroatoms. The highest BCUT2D eigenvalue weighted by Gasteiger charge is 2.12. The minimum Gasteiger partial charge on any atom is -0.478 e. The third kappa shape index (κ3) is 5.78. The number of rotatable bonds is 6. The fourth-order valence-corrected chi connectivity index (χ4v) is 1.66. The van der Waals surface area contributed by atoms with Crippen LogP contribution >= 0.6 is 0 Å². The van der Waals surface area contributed by atoms with Gasteiger partial charge >= 0.3 is 12.0 Å². The van der Waals surface area contributed by atoms with E-state index >= 15 is 0 Å². The third-order valence-electron chi connectivity index (χ3n) is 2.85. The van der Waals surface area contributed by atoms with Gasteiger partial charge in [-0.05, 0) is 52.2 Å². The average molecular weight is 297 g/mol. The molecule has 0 fully saturated rings. The Labute approximate surface area is 122 Å². The van der Waals surface area contributed by atoms with Crippen molar-refractivity contribution in [1.82, 2.24) is 10.2 Å². The van der Waals surface area contributed by atoms with E-state index in [1.54, 1.807) is 0 Å². The zero-order valence-electron chi connectivity index (χ0n) is 12.3. The lowest BCUT2D eigenvalue weighted by atomic mass is 10.2. The molecule has 0 aliphatic carbocycles. The first-order valence-electron chi connectivity index (χ1n) is 6.54. The molecule has 116 valence electrons. The Morgan fingerprint density at radius 2 is 2.05 bits per heavy atom. The normalized spacial score (nSPS) is 12.0. The number of halogens is 1. The lowest BCUT2D eigenvalue weighted by molar-refractivity contribution is 0.0697. The molecule has 0 saturated carbocycles. The van der Waals surface area contributed by atoms with Crippen LogP contribution in [-0.4, -0.2) is 48.7 Å². The van der Waals surface area contributed by atoms with Gasteiger partial charge in [0.25, 0.3) is 0 Å². The smallest absolute Gasteiger partial charge is 0.335 e. The first-order valence-corrected chi connectivity index (χ1v) is 6.54. The van der Waals surface area contributed by atoms with Gasteiger partial charge in [-0.15, -0.1) is 0 Å². The van der Waals surface area contributed by atoms with Gasteiger partial charge in [-0.25, -0.2) is 14.0 Å². The Balaban J connectivity index is 2.62. The number of aromatic carboxylic acids is 1. The molecule has 0 spiro atoms. The summed E-state index contributed by atoms with van der Waals surface area (Å²) in [6, 6.07) is 2.58. The van der Waals surface area contributed by atoms with Crippen LogP contribution in [0.1, 0.15) is 23.7 Å². The number of hydrogen-bond donors (Lipinski definition) is 3. The molecule has 0 bridgehead atoms. The van der Waals surface area contributed by atoms with E-state index in [4.69, 9.17) is 5.11 Å². The predicted octanol–water partition coefficient (Wildman–Crippen LogP) is 1.99. The fourth-order valence-electron chi connectivity index (χ4n) is 1.66. The zero-order valence-corrected chi connectivity index (χ0v) is 12.3. The van der Waals surface area contributed by atoms with Crippen molar-refractivity contribution >= 4 is 17.7 Å². The van der Waals surface area contributed by atoms with Gasteiger partial charge in [0, 0.05) is 6.04 Å². The fraction of sp³-hybridized carbons (Fsp3) is 0.429. The lowest BCUT2D eigenvalue weighted by Gasteiger charge is -2.17. The Hall–Kier alpha value is -2.15. The summed E-state index contributed by atoms with van der Waals surface area (Å²) >= 11 is 0. The Morgan fingerprint density at radius 3 is 2.62 bits per heavy atom. The van der Waals surface area contributed by atoms with E-state index in [0.717, 1.165) is 31.2 Å². The second-order valence-electron chi connectivity index (χ2n) is 5.09. The number of carboxylic acid groups (broad SMARTS) is 1. The summed E-state index contributed by atoms with van der Waals surface area (Å²) in [5.41, 5.74) is -0.250. The van der Waals surface area contributed by atoms with E-state index in [1.807, 2.05) is 25.9 Å². The maximum Gasteiger partial charge on any atom is 0.335 e. The predicted molar refractivity (Wildman–Crippen MR) is 78.1 cm³/mol. The van der Waals surface area contributed by atoms with Crippen LogP contribution in [0.4, 0.5) is 14.9 Å². The lowest BCUT2D eigenvalue weighted by Crippen LogP contribution is -2.37. The number of carboxylic acids is 1. The van der Waals surface area contributed by atoms with Crippen LogP contribution in [0.2, 0.25) is 0 Å². The van der Waals surface area contributed by atoms with Crippen LogP contribution < -0.4 is 10.6 Å². The van der Waals surface area contributed by atoms with Crippen molar-refractivity contribution in [2.45, 2.75) is 19.4 Å². The molecule has 0 heterocycles. The number of hydrogen-bond acceptors (Lipinski definition) is 3. The Kier molecular flexibility index (Phi) is 6.10. The highest BCUT2D eigenvalue weighted by atomic mass is 19.1. The van der Waals surface area contributed by atoms with Crippen molar-refractivity contribution in [3.63, 3.8) is 0 Å². The summed E-state index contributed by atoms with van der Waals surface area (Å²) in [6.07, 6.45) is 0.748. The van der Waals surface area contributed by atoms with Gasteiger partial charge in [-0.1, -0.05) is 0 Å².